The van der Waals surface area contributed by atoms with Gasteiger partial charge in [0.05, 0.1) is 13.2 Å². The normalized spacial score (nSPS) is 17.3. The largest absolute Gasteiger partial charge is 0.376 e. The zero-order chi connectivity index (χ0) is 6.10. The molecule has 1 aromatic heterocycles. The highest BCUT2D eigenvalue weighted by Gasteiger charge is 2.08. The molecule has 2 heteroatoms. The SMILES string of the molecule is [c]1cc2c(s1)CCOC2. The van der Waals surface area contributed by atoms with Crippen molar-refractivity contribution in [3.05, 3.63) is 21.9 Å². The maximum atomic E-state index is 5.24. The van der Waals surface area contributed by atoms with Gasteiger partial charge in [0.15, 0.2) is 0 Å². The fraction of sp³-hybridized carbons (Fsp3) is 0.429. The van der Waals surface area contributed by atoms with E-state index in [0.717, 1.165) is 19.6 Å². The molecule has 0 N–H and O–H groups in total. The summed E-state index contributed by atoms with van der Waals surface area (Å²) < 4.78 is 5.24. The molecule has 1 nitrogen and oxygen atoms in total. The minimum atomic E-state index is 0.801. The lowest BCUT2D eigenvalue weighted by Gasteiger charge is -2.10. The maximum absolute atomic E-state index is 5.24. The fourth-order valence-corrected chi connectivity index (χ4v) is 1.78. The molecule has 1 aliphatic heterocycles. The fourth-order valence-electron chi connectivity index (χ4n) is 0.999. The average Bonchev–Trinajstić information content (AvgIpc) is 2.33. The third-order valence-electron chi connectivity index (χ3n) is 1.50. The van der Waals surface area contributed by atoms with Crippen LogP contribution in [0.5, 0.6) is 0 Å². The molecule has 0 aliphatic carbocycles. The lowest BCUT2D eigenvalue weighted by Crippen LogP contribution is -2.05. The van der Waals surface area contributed by atoms with Crippen LogP contribution in [-0.2, 0) is 17.8 Å². The highest BCUT2D eigenvalue weighted by atomic mass is 32.1. The van der Waals surface area contributed by atoms with Gasteiger partial charge in [-0.2, -0.15) is 0 Å². The predicted octanol–water partition coefficient (Wildman–Crippen LogP) is 1.62. The van der Waals surface area contributed by atoms with E-state index < -0.39 is 0 Å². The molecule has 0 aromatic carbocycles. The van der Waals surface area contributed by atoms with Crippen LogP contribution in [-0.4, -0.2) is 6.61 Å². The van der Waals surface area contributed by atoms with E-state index in [0.29, 0.717) is 0 Å². The summed E-state index contributed by atoms with van der Waals surface area (Å²) in [5.41, 5.74) is 1.34. The molecule has 1 aromatic rings. The summed E-state index contributed by atoms with van der Waals surface area (Å²) in [5.74, 6) is 0. The smallest absolute Gasteiger partial charge is 0.0728 e. The molecule has 0 atom stereocenters. The van der Waals surface area contributed by atoms with Gasteiger partial charge < -0.3 is 4.74 Å². The molecule has 0 unspecified atom stereocenters. The summed E-state index contributed by atoms with van der Waals surface area (Å²) in [4.78, 5) is 1.46. The minimum absolute atomic E-state index is 0.801. The summed E-state index contributed by atoms with van der Waals surface area (Å²) >= 11 is 1.72. The Kier molecular flexibility index (Phi) is 1.28. The van der Waals surface area contributed by atoms with Crippen molar-refractivity contribution >= 4 is 11.3 Å². The first kappa shape index (κ1) is 5.45. The van der Waals surface area contributed by atoms with Gasteiger partial charge in [-0.15, -0.1) is 11.3 Å². The molecule has 0 fully saturated rings. The highest BCUT2D eigenvalue weighted by Crippen LogP contribution is 2.21. The van der Waals surface area contributed by atoms with Crippen LogP contribution < -0.4 is 0 Å². The van der Waals surface area contributed by atoms with E-state index in [-0.39, 0.29) is 0 Å². The summed E-state index contributed by atoms with van der Waals surface area (Å²) in [7, 11) is 0. The van der Waals surface area contributed by atoms with Gasteiger partial charge >= 0.3 is 0 Å². The van der Waals surface area contributed by atoms with Gasteiger partial charge in [-0.1, -0.05) is 0 Å². The summed E-state index contributed by atoms with van der Waals surface area (Å²) in [5, 5.41) is 3.10. The van der Waals surface area contributed by atoms with Crippen LogP contribution in [0, 0.1) is 5.38 Å². The second-order valence-corrected chi connectivity index (χ2v) is 3.05. The van der Waals surface area contributed by atoms with Gasteiger partial charge in [-0.3, -0.25) is 0 Å². The van der Waals surface area contributed by atoms with E-state index in [1.165, 1.54) is 10.4 Å². The molecule has 1 radical (unpaired) electrons. The molecule has 0 saturated carbocycles. The Morgan fingerprint density at radius 2 is 2.67 bits per heavy atom. The van der Waals surface area contributed by atoms with Crippen molar-refractivity contribution in [1.82, 2.24) is 0 Å². The molecular formula is C7H7OS. The van der Waals surface area contributed by atoms with Gasteiger partial charge in [0, 0.05) is 16.7 Å². The van der Waals surface area contributed by atoms with E-state index in [1.54, 1.807) is 11.3 Å². The molecule has 0 bridgehead atoms. The zero-order valence-electron chi connectivity index (χ0n) is 5.02. The Labute approximate surface area is 58.3 Å². The van der Waals surface area contributed by atoms with E-state index in [9.17, 15) is 0 Å². The van der Waals surface area contributed by atoms with Gasteiger partial charge in [-0.05, 0) is 11.6 Å². The van der Waals surface area contributed by atoms with Crippen LogP contribution in [0.15, 0.2) is 6.07 Å². The first-order valence-corrected chi connectivity index (χ1v) is 3.84. The first-order chi connectivity index (χ1) is 4.47. The van der Waals surface area contributed by atoms with Crippen LogP contribution >= 0.6 is 11.3 Å². The Hall–Kier alpha value is -0.340. The number of fused-ring (bicyclic) bond motifs is 1. The van der Waals surface area contributed by atoms with Crippen LogP contribution in [0.4, 0.5) is 0 Å². The Morgan fingerprint density at radius 1 is 1.67 bits per heavy atom. The molecular weight excluding hydrogens is 132 g/mol. The van der Waals surface area contributed by atoms with Crippen molar-refractivity contribution < 1.29 is 4.74 Å². The van der Waals surface area contributed by atoms with E-state index in [1.807, 2.05) is 6.07 Å². The Balaban J connectivity index is 2.39. The first-order valence-electron chi connectivity index (χ1n) is 3.02. The quantitative estimate of drug-likeness (QED) is 0.530. The zero-order valence-corrected chi connectivity index (χ0v) is 5.83. The van der Waals surface area contributed by atoms with Crippen LogP contribution in [0.2, 0.25) is 0 Å². The molecule has 0 spiro atoms. The second-order valence-electron chi connectivity index (χ2n) is 2.12. The number of ether oxygens (including phenoxy) is 1. The van der Waals surface area contributed by atoms with Gasteiger partial charge in [0.2, 0.25) is 0 Å². The molecule has 9 heavy (non-hydrogen) atoms. The van der Waals surface area contributed by atoms with Gasteiger partial charge in [0.25, 0.3) is 0 Å². The highest BCUT2D eigenvalue weighted by molar-refractivity contribution is 7.09. The second kappa shape index (κ2) is 2.12. The van der Waals surface area contributed by atoms with Crippen molar-refractivity contribution in [3.8, 4) is 0 Å². The molecule has 2 heterocycles. The number of thiophene rings is 1. The lowest BCUT2D eigenvalue weighted by molar-refractivity contribution is 0.112. The average molecular weight is 139 g/mol. The summed E-state index contributed by atoms with van der Waals surface area (Å²) in [6, 6.07) is 2.03. The molecule has 0 amide bonds. The number of hydrogen-bond acceptors (Lipinski definition) is 2. The number of hydrogen-bond donors (Lipinski definition) is 0. The van der Waals surface area contributed by atoms with Crippen LogP contribution in [0.25, 0.3) is 0 Å². The van der Waals surface area contributed by atoms with Crippen LogP contribution in [0.1, 0.15) is 10.4 Å². The molecule has 47 valence electrons. The molecule has 2 rings (SSSR count). The van der Waals surface area contributed by atoms with Crippen molar-refractivity contribution in [3.63, 3.8) is 0 Å². The van der Waals surface area contributed by atoms with Crippen molar-refractivity contribution in [2.24, 2.45) is 0 Å². The summed E-state index contributed by atoms with van der Waals surface area (Å²) in [6.07, 6.45) is 1.09. The van der Waals surface area contributed by atoms with Gasteiger partial charge in [0.1, 0.15) is 0 Å². The Morgan fingerprint density at radius 3 is 3.56 bits per heavy atom. The van der Waals surface area contributed by atoms with Crippen molar-refractivity contribution in [2.75, 3.05) is 6.61 Å². The van der Waals surface area contributed by atoms with Crippen molar-refractivity contribution in [2.45, 2.75) is 13.0 Å². The molecule has 0 saturated heterocycles. The van der Waals surface area contributed by atoms with E-state index in [4.69, 9.17) is 4.74 Å². The molecule has 1 aliphatic rings. The van der Waals surface area contributed by atoms with E-state index in [2.05, 4.69) is 5.38 Å². The maximum Gasteiger partial charge on any atom is 0.0728 e. The van der Waals surface area contributed by atoms with Crippen molar-refractivity contribution in [1.29, 1.82) is 0 Å². The topological polar surface area (TPSA) is 9.23 Å². The predicted molar refractivity (Wildman–Crippen MR) is 36.5 cm³/mol. The monoisotopic (exact) mass is 139 g/mol. The third-order valence-corrected chi connectivity index (χ3v) is 2.45. The van der Waals surface area contributed by atoms with E-state index >= 15 is 0 Å². The summed E-state index contributed by atoms with van der Waals surface area (Å²) in [6.45, 7) is 1.69. The Bertz CT molecular complexity index is 184. The van der Waals surface area contributed by atoms with Crippen LogP contribution in [0.3, 0.4) is 0 Å². The van der Waals surface area contributed by atoms with Gasteiger partial charge in [-0.25, -0.2) is 0 Å². The number of rotatable bonds is 0. The third kappa shape index (κ3) is 0.884. The minimum Gasteiger partial charge on any atom is -0.376 e. The lowest BCUT2D eigenvalue weighted by atomic mass is 10.2. The standard InChI is InChI=1S/C7H7OS/c1-3-8-5-6-2-4-9-7(1)6/h2H,1,3,5H2.